The molecule has 1 aliphatic rings. The van der Waals surface area contributed by atoms with Crippen molar-refractivity contribution in [2.45, 2.75) is 19.4 Å². The molecule has 2 atom stereocenters. The van der Waals surface area contributed by atoms with Crippen molar-refractivity contribution in [2.75, 3.05) is 6.54 Å². The van der Waals surface area contributed by atoms with Crippen LogP contribution in [0.1, 0.15) is 23.0 Å². The Morgan fingerprint density at radius 1 is 1.62 bits per heavy atom. The lowest BCUT2D eigenvalue weighted by Gasteiger charge is -2.22. The Morgan fingerprint density at radius 3 is 2.88 bits per heavy atom. The molecule has 1 saturated heterocycles. The van der Waals surface area contributed by atoms with Gasteiger partial charge in [-0.25, -0.2) is 0 Å². The Bertz CT molecular complexity index is 404. The number of carbonyl (C=O) groups excluding carboxylic acids is 1. The highest BCUT2D eigenvalue weighted by atomic mass is 32.1. The van der Waals surface area contributed by atoms with Crippen LogP contribution in [-0.4, -0.2) is 39.5 Å². The number of carbonyl (C=O) groups is 2. The Kier molecular flexibility index (Phi) is 2.91. The number of amides is 1. The average molecular weight is 240 g/mol. The number of rotatable bonds is 2. The highest BCUT2D eigenvalue weighted by molar-refractivity contribution is 7.11. The van der Waals surface area contributed by atoms with Crippen LogP contribution in [0.3, 0.4) is 0 Å². The van der Waals surface area contributed by atoms with E-state index in [1.165, 1.54) is 17.5 Å². The summed E-state index contributed by atoms with van der Waals surface area (Å²) >= 11 is 1.28. The lowest BCUT2D eigenvalue weighted by Crippen LogP contribution is -2.37. The van der Waals surface area contributed by atoms with E-state index in [-0.39, 0.29) is 11.9 Å². The van der Waals surface area contributed by atoms with Gasteiger partial charge in [-0.15, -0.1) is 11.3 Å². The zero-order chi connectivity index (χ0) is 11.7. The van der Waals surface area contributed by atoms with E-state index < -0.39 is 11.9 Å². The Morgan fingerprint density at radius 2 is 2.38 bits per heavy atom. The van der Waals surface area contributed by atoms with Gasteiger partial charge in [-0.05, 0) is 13.3 Å². The van der Waals surface area contributed by atoms with E-state index in [4.69, 9.17) is 5.11 Å². The van der Waals surface area contributed by atoms with Crippen LogP contribution in [0.15, 0.2) is 11.7 Å². The molecule has 2 unspecified atom stereocenters. The molecule has 6 heteroatoms. The summed E-state index contributed by atoms with van der Waals surface area (Å²) in [5.74, 6) is -1.39. The van der Waals surface area contributed by atoms with E-state index in [0.717, 1.165) is 0 Å². The summed E-state index contributed by atoms with van der Waals surface area (Å²) in [6.07, 6.45) is 2.05. The van der Waals surface area contributed by atoms with Gasteiger partial charge in [-0.1, -0.05) is 0 Å². The van der Waals surface area contributed by atoms with Crippen LogP contribution in [0.4, 0.5) is 0 Å². The summed E-state index contributed by atoms with van der Waals surface area (Å²) in [5, 5.41) is 8.97. The second-order valence-electron chi connectivity index (χ2n) is 3.84. The number of aromatic nitrogens is 1. The molecule has 0 spiro atoms. The highest BCUT2D eigenvalue weighted by Gasteiger charge is 2.38. The van der Waals surface area contributed by atoms with Crippen LogP contribution >= 0.6 is 11.3 Å². The normalized spacial score (nSPS) is 24.7. The summed E-state index contributed by atoms with van der Waals surface area (Å²) in [7, 11) is 0. The molecular weight excluding hydrogens is 228 g/mol. The van der Waals surface area contributed by atoms with Crippen LogP contribution < -0.4 is 0 Å². The Balaban J connectivity index is 2.13. The van der Waals surface area contributed by atoms with E-state index in [2.05, 4.69) is 4.98 Å². The minimum atomic E-state index is -0.827. The van der Waals surface area contributed by atoms with Gasteiger partial charge >= 0.3 is 5.97 Å². The third-order valence-electron chi connectivity index (χ3n) is 2.98. The zero-order valence-electron chi connectivity index (χ0n) is 8.79. The third-order valence-corrected chi connectivity index (χ3v) is 3.74. The molecule has 1 fully saturated rings. The number of nitrogens with zero attached hydrogens (tertiary/aromatic N) is 2. The molecule has 1 aliphatic heterocycles. The fourth-order valence-corrected chi connectivity index (χ4v) is 2.59. The molecule has 0 bridgehead atoms. The van der Waals surface area contributed by atoms with Gasteiger partial charge in [0.25, 0.3) is 5.91 Å². The number of hydrogen-bond donors (Lipinski definition) is 1. The molecule has 0 saturated carbocycles. The molecular formula is C10H12N2O3S. The number of hydrogen-bond acceptors (Lipinski definition) is 4. The van der Waals surface area contributed by atoms with E-state index >= 15 is 0 Å². The Hall–Kier alpha value is -1.43. The molecule has 0 aliphatic carbocycles. The molecule has 2 rings (SSSR count). The maximum Gasteiger partial charge on any atom is 0.308 e. The first-order chi connectivity index (χ1) is 7.61. The largest absolute Gasteiger partial charge is 0.481 e. The summed E-state index contributed by atoms with van der Waals surface area (Å²) in [6.45, 7) is 2.29. The Labute approximate surface area is 96.7 Å². The molecule has 1 amide bonds. The summed E-state index contributed by atoms with van der Waals surface area (Å²) < 4.78 is 0. The van der Waals surface area contributed by atoms with Gasteiger partial charge in [-0.3, -0.25) is 14.6 Å². The minimum Gasteiger partial charge on any atom is -0.481 e. The number of thiazole rings is 1. The van der Waals surface area contributed by atoms with Crippen molar-refractivity contribution in [3.05, 3.63) is 16.6 Å². The van der Waals surface area contributed by atoms with Crippen molar-refractivity contribution < 1.29 is 14.7 Å². The quantitative estimate of drug-likeness (QED) is 0.839. The standard InChI is InChI=1S/C10H12N2O3S/c1-6-7(10(14)15)2-3-12(6)9(13)8-4-11-5-16-8/h4-7H,2-3H2,1H3,(H,14,15). The summed E-state index contributed by atoms with van der Waals surface area (Å²) in [4.78, 5) is 28.9. The summed E-state index contributed by atoms with van der Waals surface area (Å²) in [5.41, 5.74) is 1.60. The molecule has 1 N–H and O–H groups in total. The van der Waals surface area contributed by atoms with Crippen LogP contribution in [0.25, 0.3) is 0 Å². The van der Waals surface area contributed by atoms with Gasteiger partial charge in [-0.2, -0.15) is 0 Å². The van der Waals surface area contributed by atoms with Crippen molar-refractivity contribution in [3.8, 4) is 0 Å². The van der Waals surface area contributed by atoms with Gasteiger partial charge in [0.15, 0.2) is 0 Å². The van der Waals surface area contributed by atoms with Crippen molar-refractivity contribution in [1.29, 1.82) is 0 Å². The number of carboxylic acids is 1. The van der Waals surface area contributed by atoms with E-state index in [1.54, 1.807) is 17.3 Å². The molecule has 2 heterocycles. The fraction of sp³-hybridized carbons (Fsp3) is 0.500. The van der Waals surface area contributed by atoms with Crippen molar-refractivity contribution in [1.82, 2.24) is 9.88 Å². The lowest BCUT2D eigenvalue weighted by molar-refractivity contribution is -0.142. The number of aliphatic carboxylic acids is 1. The maximum absolute atomic E-state index is 12.0. The lowest BCUT2D eigenvalue weighted by atomic mass is 10.0. The second kappa shape index (κ2) is 4.21. The molecule has 16 heavy (non-hydrogen) atoms. The van der Waals surface area contributed by atoms with Crippen LogP contribution in [-0.2, 0) is 4.79 Å². The predicted molar refractivity (Wildman–Crippen MR) is 58.4 cm³/mol. The van der Waals surface area contributed by atoms with E-state index in [9.17, 15) is 9.59 Å². The predicted octanol–water partition coefficient (Wildman–Crippen LogP) is 1.08. The number of likely N-dealkylation sites (tertiary alicyclic amines) is 1. The topological polar surface area (TPSA) is 70.5 Å². The molecule has 5 nitrogen and oxygen atoms in total. The van der Waals surface area contributed by atoms with Gasteiger partial charge in [0.1, 0.15) is 4.88 Å². The van der Waals surface area contributed by atoms with Gasteiger partial charge < -0.3 is 10.0 Å². The van der Waals surface area contributed by atoms with Crippen molar-refractivity contribution in [3.63, 3.8) is 0 Å². The number of carboxylic acid groups (broad SMARTS) is 1. The molecule has 0 aromatic carbocycles. The van der Waals surface area contributed by atoms with Gasteiger partial charge in [0.05, 0.1) is 17.6 Å². The van der Waals surface area contributed by atoms with Crippen LogP contribution in [0.2, 0.25) is 0 Å². The van der Waals surface area contributed by atoms with E-state index in [1.807, 2.05) is 0 Å². The average Bonchev–Trinajstić information content (AvgIpc) is 2.84. The molecule has 1 aromatic rings. The smallest absolute Gasteiger partial charge is 0.308 e. The first-order valence-corrected chi connectivity index (χ1v) is 5.91. The van der Waals surface area contributed by atoms with Crippen molar-refractivity contribution >= 4 is 23.2 Å². The molecule has 1 aromatic heterocycles. The van der Waals surface area contributed by atoms with Gasteiger partial charge in [0.2, 0.25) is 0 Å². The van der Waals surface area contributed by atoms with Gasteiger partial charge in [0, 0.05) is 12.6 Å². The fourth-order valence-electron chi connectivity index (χ4n) is 2.02. The minimum absolute atomic E-state index is 0.112. The first kappa shape index (κ1) is 11.1. The second-order valence-corrected chi connectivity index (χ2v) is 4.72. The van der Waals surface area contributed by atoms with E-state index in [0.29, 0.717) is 17.8 Å². The maximum atomic E-state index is 12.0. The SMILES string of the molecule is CC1C(C(=O)O)CCN1C(=O)c1cncs1. The third kappa shape index (κ3) is 1.80. The summed E-state index contributed by atoms with van der Waals surface area (Å²) in [6, 6.07) is -0.243. The molecule has 86 valence electrons. The highest BCUT2D eigenvalue weighted by Crippen LogP contribution is 2.26. The monoisotopic (exact) mass is 240 g/mol. The first-order valence-electron chi connectivity index (χ1n) is 5.03. The molecule has 0 radical (unpaired) electrons. The zero-order valence-corrected chi connectivity index (χ0v) is 9.61. The van der Waals surface area contributed by atoms with Crippen LogP contribution in [0, 0.1) is 5.92 Å². The van der Waals surface area contributed by atoms with Crippen molar-refractivity contribution in [2.24, 2.45) is 5.92 Å². The van der Waals surface area contributed by atoms with Crippen LogP contribution in [0.5, 0.6) is 0 Å².